The first-order chi connectivity index (χ1) is 13.7. The Hall–Kier alpha value is -3.10. The molecule has 0 radical (unpaired) electrons. The molecule has 0 bridgehead atoms. The lowest BCUT2D eigenvalue weighted by Gasteiger charge is -2.09. The van der Waals surface area contributed by atoms with Crippen LogP contribution < -0.4 is 16.0 Å². The summed E-state index contributed by atoms with van der Waals surface area (Å²) >= 11 is 7.40. The molecule has 4 aromatic rings. The number of carbonyl (C=O) groups excluding carboxylic acids is 1. The number of rotatable bonds is 6. The fourth-order valence-corrected chi connectivity index (χ4v) is 3.53. The Kier molecular flexibility index (Phi) is 5.41. The molecule has 0 fully saturated rings. The molecule has 0 saturated carbocycles. The van der Waals surface area contributed by atoms with Crippen LogP contribution in [0.4, 0.5) is 16.4 Å². The molecular weight excluding hydrogens is 398 g/mol. The summed E-state index contributed by atoms with van der Waals surface area (Å²) in [5, 5.41) is 11.2. The van der Waals surface area contributed by atoms with Crippen molar-refractivity contribution in [3.63, 3.8) is 0 Å². The summed E-state index contributed by atoms with van der Waals surface area (Å²) in [6.07, 6.45) is 1.62. The number of amides is 2. The maximum atomic E-state index is 11.9. The molecule has 0 aliphatic rings. The van der Waals surface area contributed by atoms with Crippen molar-refractivity contribution in [3.05, 3.63) is 59.1 Å². The van der Waals surface area contributed by atoms with Crippen molar-refractivity contribution in [1.29, 1.82) is 0 Å². The van der Waals surface area contributed by atoms with Crippen LogP contribution in [0.3, 0.4) is 0 Å². The molecule has 4 rings (SSSR count). The molecule has 0 aliphatic carbocycles. The lowest BCUT2D eigenvalue weighted by Crippen LogP contribution is -2.32. The quantitative estimate of drug-likeness (QED) is 0.393. The average molecular weight is 414 g/mol. The molecule has 0 unspecified atom stereocenters. The molecule has 142 valence electrons. The highest BCUT2D eigenvalue weighted by Crippen LogP contribution is 2.31. The van der Waals surface area contributed by atoms with Gasteiger partial charge in [0.2, 0.25) is 5.95 Å². The molecule has 7 nitrogen and oxygen atoms in total. The maximum absolute atomic E-state index is 11.9. The third-order valence-electron chi connectivity index (χ3n) is 3.85. The number of hydrogen-bond donors (Lipinski definition) is 3. The van der Waals surface area contributed by atoms with Crippen molar-refractivity contribution < 1.29 is 9.21 Å². The van der Waals surface area contributed by atoms with E-state index in [1.165, 1.54) is 0 Å². The summed E-state index contributed by atoms with van der Waals surface area (Å²) in [5.74, 6) is 1.18. The van der Waals surface area contributed by atoms with Crippen LogP contribution in [-0.4, -0.2) is 29.1 Å². The summed E-state index contributed by atoms with van der Waals surface area (Å²) in [7, 11) is 0. The lowest BCUT2D eigenvalue weighted by atomic mass is 10.3. The van der Waals surface area contributed by atoms with Gasteiger partial charge < -0.3 is 20.4 Å². The van der Waals surface area contributed by atoms with E-state index >= 15 is 0 Å². The van der Waals surface area contributed by atoms with Gasteiger partial charge in [0.1, 0.15) is 5.69 Å². The second kappa shape index (κ2) is 8.28. The minimum atomic E-state index is -0.297. The molecule has 3 aromatic heterocycles. The number of thiophene rings is 1. The van der Waals surface area contributed by atoms with Gasteiger partial charge in [-0.2, -0.15) is 0 Å². The zero-order valence-corrected chi connectivity index (χ0v) is 16.2. The van der Waals surface area contributed by atoms with Crippen molar-refractivity contribution in [1.82, 2.24) is 15.3 Å². The highest BCUT2D eigenvalue weighted by molar-refractivity contribution is 7.17. The van der Waals surface area contributed by atoms with Gasteiger partial charge in [-0.1, -0.05) is 11.6 Å². The molecule has 1 aromatic carbocycles. The third kappa shape index (κ3) is 4.24. The second-order valence-corrected chi connectivity index (χ2v) is 7.18. The normalized spacial score (nSPS) is 10.8. The topological polar surface area (TPSA) is 92.1 Å². The smallest absolute Gasteiger partial charge is 0.319 e. The van der Waals surface area contributed by atoms with Crippen molar-refractivity contribution in [2.24, 2.45) is 0 Å². The van der Waals surface area contributed by atoms with Gasteiger partial charge in [0.15, 0.2) is 5.76 Å². The van der Waals surface area contributed by atoms with Crippen LogP contribution in [0.25, 0.3) is 21.7 Å². The Morgan fingerprint density at radius 1 is 1.11 bits per heavy atom. The van der Waals surface area contributed by atoms with E-state index in [2.05, 4.69) is 25.9 Å². The Balaban J connectivity index is 1.34. The van der Waals surface area contributed by atoms with Crippen LogP contribution in [0.5, 0.6) is 0 Å². The molecular formula is C19H16ClN5O2S. The standard InChI is InChI=1S/C19H16ClN5O2S/c20-12-3-5-13(6-4-12)23-19(26)22-9-8-21-18-24-14-7-11-28-17(14)16(25-18)15-2-1-10-27-15/h1-7,10-11H,8-9H2,(H,21,24,25)(H2,22,23,26). The number of urea groups is 1. The Bertz CT molecular complexity index is 1080. The highest BCUT2D eigenvalue weighted by atomic mass is 35.5. The van der Waals surface area contributed by atoms with Crippen molar-refractivity contribution in [2.45, 2.75) is 0 Å². The predicted octanol–water partition coefficient (Wildman–Crippen LogP) is 4.84. The van der Waals surface area contributed by atoms with E-state index in [0.29, 0.717) is 35.5 Å². The predicted molar refractivity (Wildman–Crippen MR) is 112 cm³/mol. The van der Waals surface area contributed by atoms with Gasteiger partial charge in [0.05, 0.1) is 16.5 Å². The number of hydrogen-bond acceptors (Lipinski definition) is 6. The Morgan fingerprint density at radius 3 is 2.75 bits per heavy atom. The van der Waals surface area contributed by atoms with Crippen molar-refractivity contribution in [2.75, 3.05) is 23.7 Å². The lowest BCUT2D eigenvalue weighted by molar-refractivity contribution is 0.252. The minimum absolute atomic E-state index is 0.297. The van der Waals surface area contributed by atoms with Crippen LogP contribution in [0.2, 0.25) is 5.02 Å². The Labute approximate surface area is 169 Å². The van der Waals surface area contributed by atoms with Gasteiger partial charge >= 0.3 is 6.03 Å². The minimum Gasteiger partial charge on any atom is -0.463 e. The summed E-state index contributed by atoms with van der Waals surface area (Å²) in [6.45, 7) is 0.877. The van der Waals surface area contributed by atoms with E-state index in [4.69, 9.17) is 16.0 Å². The number of carbonyl (C=O) groups is 1. The Morgan fingerprint density at radius 2 is 1.96 bits per heavy atom. The van der Waals surface area contributed by atoms with E-state index in [-0.39, 0.29) is 6.03 Å². The number of benzene rings is 1. The van der Waals surface area contributed by atoms with Gasteiger partial charge in [-0.15, -0.1) is 11.3 Å². The molecule has 3 heterocycles. The summed E-state index contributed by atoms with van der Waals surface area (Å²) in [6, 6.07) is 12.2. The van der Waals surface area contributed by atoms with Crippen LogP contribution >= 0.6 is 22.9 Å². The fraction of sp³-hybridized carbons (Fsp3) is 0.105. The first kappa shape index (κ1) is 18.3. The third-order valence-corrected chi connectivity index (χ3v) is 5.02. The van der Waals surface area contributed by atoms with Gasteiger partial charge in [0.25, 0.3) is 0 Å². The number of nitrogens with one attached hydrogen (secondary N) is 3. The fourth-order valence-electron chi connectivity index (χ4n) is 2.58. The molecule has 0 aliphatic heterocycles. The highest BCUT2D eigenvalue weighted by Gasteiger charge is 2.13. The van der Waals surface area contributed by atoms with Crippen LogP contribution in [-0.2, 0) is 0 Å². The number of anilines is 2. The summed E-state index contributed by atoms with van der Waals surface area (Å²) < 4.78 is 6.46. The molecule has 2 amide bonds. The number of aromatic nitrogens is 2. The number of nitrogens with zero attached hydrogens (tertiary/aromatic N) is 2. The number of halogens is 1. The van der Waals surface area contributed by atoms with Gasteiger partial charge in [-0.3, -0.25) is 0 Å². The molecule has 28 heavy (non-hydrogen) atoms. The zero-order valence-electron chi connectivity index (χ0n) is 14.6. The first-order valence-corrected chi connectivity index (χ1v) is 9.78. The molecule has 0 atom stereocenters. The molecule has 0 saturated heterocycles. The zero-order chi connectivity index (χ0) is 19.3. The molecule has 3 N–H and O–H groups in total. The van der Waals surface area contributed by atoms with Crippen LogP contribution in [0, 0.1) is 0 Å². The van der Waals surface area contributed by atoms with Crippen LogP contribution in [0.1, 0.15) is 0 Å². The van der Waals surface area contributed by atoms with Crippen molar-refractivity contribution >= 4 is 50.8 Å². The van der Waals surface area contributed by atoms with E-state index in [1.807, 2.05) is 23.6 Å². The summed E-state index contributed by atoms with van der Waals surface area (Å²) in [4.78, 5) is 21.0. The van der Waals surface area contributed by atoms with E-state index in [0.717, 1.165) is 15.9 Å². The maximum Gasteiger partial charge on any atom is 0.319 e. The van der Waals surface area contributed by atoms with Gasteiger partial charge in [-0.05, 0) is 47.8 Å². The van der Waals surface area contributed by atoms with Gasteiger partial charge in [0, 0.05) is 23.8 Å². The van der Waals surface area contributed by atoms with E-state index in [9.17, 15) is 4.79 Å². The molecule has 9 heteroatoms. The van der Waals surface area contributed by atoms with Crippen molar-refractivity contribution in [3.8, 4) is 11.5 Å². The second-order valence-electron chi connectivity index (χ2n) is 5.82. The molecule has 0 spiro atoms. The number of fused-ring (bicyclic) bond motifs is 1. The van der Waals surface area contributed by atoms with E-state index < -0.39 is 0 Å². The number of furan rings is 1. The SMILES string of the molecule is O=C(NCCNc1nc(-c2ccco2)c2sccc2n1)Nc1ccc(Cl)cc1. The first-order valence-electron chi connectivity index (χ1n) is 8.52. The monoisotopic (exact) mass is 413 g/mol. The average Bonchev–Trinajstić information content (AvgIpc) is 3.38. The van der Waals surface area contributed by atoms with Crippen LogP contribution in [0.15, 0.2) is 58.5 Å². The van der Waals surface area contributed by atoms with Gasteiger partial charge in [-0.25, -0.2) is 14.8 Å². The largest absolute Gasteiger partial charge is 0.463 e. The van der Waals surface area contributed by atoms with E-state index in [1.54, 1.807) is 41.9 Å². The summed E-state index contributed by atoms with van der Waals surface area (Å²) in [5.41, 5.74) is 2.27.